The summed E-state index contributed by atoms with van der Waals surface area (Å²) in [6.07, 6.45) is 3.53. The van der Waals surface area contributed by atoms with E-state index in [0.29, 0.717) is 0 Å². The second-order valence-corrected chi connectivity index (χ2v) is 3.29. The van der Waals surface area contributed by atoms with Crippen LogP contribution < -0.4 is 20.6 Å². The average molecular weight is 199 g/mol. The van der Waals surface area contributed by atoms with Crippen LogP contribution >= 0.6 is 0 Å². The first-order valence-electron chi connectivity index (χ1n) is 4.75. The van der Waals surface area contributed by atoms with Gasteiger partial charge in [-0.25, -0.2) is 0 Å². The zero-order chi connectivity index (χ0) is 10.7. The molecule has 0 unspecified atom stereocenters. The Morgan fingerprint density at radius 1 is 0.933 bits per heavy atom. The Kier molecular flexibility index (Phi) is 2.71. The molecule has 2 radical (unpaired) electrons. The largest absolute Gasteiger partial charge is 0.160 e. The van der Waals surface area contributed by atoms with Gasteiger partial charge in [-0.3, -0.25) is 0 Å². The molecule has 0 atom stereocenters. The zero-order valence-corrected chi connectivity index (χ0v) is 8.83. The molecule has 4 nitrogen and oxygen atoms in total. The SMILES string of the molecule is C[n+]1ncccc1[B-]c1cccn[n+]1C. The van der Waals surface area contributed by atoms with Crippen LogP contribution in [-0.4, -0.2) is 17.5 Å². The summed E-state index contributed by atoms with van der Waals surface area (Å²) >= 11 is 0. The molecule has 0 saturated heterocycles. The minimum absolute atomic E-state index is 1.04. The van der Waals surface area contributed by atoms with Gasteiger partial charge in [-0.05, 0) is 45.6 Å². The Labute approximate surface area is 89.4 Å². The van der Waals surface area contributed by atoms with Crippen molar-refractivity contribution in [2.45, 2.75) is 0 Å². The van der Waals surface area contributed by atoms with E-state index < -0.39 is 0 Å². The van der Waals surface area contributed by atoms with Crippen molar-refractivity contribution in [3.8, 4) is 0 Å². The van der Waals surface area contributed by atoms with Gasteiger partial charge < -0.3 is 0 Å². The van der Waals surface area contributed by atoms with Gasteiger partial charge in [0.25, 0.3) is 0 Å². The van der Waals surface area contributed by atoms with Crippen LogP contribution in [0, 0.1) is 0 Å². The molecule has 0 aliphatic rings. The number of aryl methyl sites for hydroxylation is 2. The van der Waals surface area contributed by atoms with Crippen molar-refractivity contribution in [1.29, 1.82) is 0 Å². The second kappa shape index (κ2) is 4.17. The fourth-order valence-electron chi connectivity index (χ4n) is 1.34. The quantitative estimate of drug-likeness (QED) is 0.405. The van der Waals surface area contributed by atoms with E-state index in [1.807, 2.05) is 55.0 Å². The number of aromatic nitrogens is 4. The highest BCUT2D eigenvalue weighted by atomic mass is 15.2. The Morgan fingerprint density at radius 3 is 1.80 bits per heavy atom. The van der Waals surface area contributed by atoms with Gasteiger partial charge in [0.05, 0.1) is 12.4 Å². The highest BCUT2D eigenvalue weighted by molar-refractivity contribution is 6.64. The minimum atomic E-state index is 1.04. The van der Waals surface area contributed by atoms with Gasteiger partial charge in [-0.15, -0.1) is 9.36 Å². The van der Waals surface area contributed by atoms with Crippen molar-refractivity contribution in [3.05, 3.63) is 36.7 Å². The highest BCUT2D eigenvalue weighted by Crippen LogP contribution is 1.72. The zero-order valence-electron chi connectivity index (χ0n) is 8.83. The van der Waals surface area contributed by atoms with E-state index in [1.54, 1.807) is 12.4 Å². The molecule has 0 bridgehead atoms. The summed E-state index contributed by atoms with van der Waals surface area (Å²) in [5.41, 5.74) is 2.09. The van der Waals surface area contributed by atoms with Crippen molar-refractivity contribution < 1.29 is 9.36 Å². The minimum Gasteiger partial charge on any atom is -0.138 e. The molecule has 0 N–H and O–H groups in total. The Morgan fingerprint density at radius 2 is 1.40 bits per heavy atom. The molecule has 0 aromatic carbocycles. The van der Waals surface area contributed by atoms with Gasteiger partial charge in [0.1, 0.15) is 0 Å². The topological polar surface area (TPSA) is 33.5 Å². The summed E-state index contributed by atoms with van der Waals surface area (Å²) in [5.74, 6) is 0. The van der Waals surface area contributed by atoms with Crippen molar-refractivity contribution in [2.75, 3.05) is 0 Å². The van der Waals surface area contributed by atoms with E-state index in [2.05, 4.69) is 10.2 Å². The Hall–Kier alpha value is -1.78. The van der Waals surface area contributed by atoms with Crippen molar-refractivity contribution >= 4 is 18.5 Å². The van der Waals surface area contributed by atoms with E-state index in [-0.39, 0.29) is 0 Å². The molecule has 0 amide bonds. The molecule has 0 spiro atoms. The summed E-state index contributed by atoms with van der Waals surface area (Å²) in [5, 5.41) is 8.32. The third-order valence-corrected chi connectivity index (χ3v) is 2.23. The molecule has 5 heteroatoms. The van der Waals surface area contributed by atoms with E-state index >= 15 is 0 Å². The monoisotopic (exact) mass is 199 g/mol. The predicted molar refractivity (Wildman–Crippen MR) is 55.8 cm³/mol. The molecule has 0 aliphatic heterocycles. The summed E-state index contributed by atoms with van der Waals surface area (Å²) in [6, 6.07) is 7.87. The summed E-state index contributed by atoms with van der Waals surface area (Å²) < 4.78 is 3.65. The predicted octanol–water partition coefficient (Wildman–Crippen LogP) is -2.22. The summed E-state index contributed by atoms with van der Waals surface area (Å²) in [7, 11) is 5.88. The molecular weight excluding hydrogens is 187 g/mol. The van der Waals surface area contributed by atoms with Crippen LogP contribution in [0.25, 0.3) is 0 Å². The molecule has 2 heterocycles. The maximum atomic E-state index is 4.16. The molecule has 0 fully saturated rings. The molecular formula is C10H12BN4+. The maximum Gasteiger partial charge on any atom is 0.160 e. The van der Waals surface area contributed by atoms with Gasteiger partial charge in [0, 0.05) is 0 Å². The normalized spacial score (nSPS) is 10.3. The number of rotatable bonds is 2. The maximum absolute atomic E-state index is 4.16. The molecule has 2 aromatic heterocycles. The van der Waals surface area contributed by atoms with Crippen LogP contribution in [0.5, 0.6) is 0 Å². The lowest BCUT2D eigenvalue weighted by Crippen LogP contribution is -2.61. The fourth-order valence-corrected chi connectivity index (χ4v) is 1.34. The summed E-state index contributed by atoms with van der Waals surface area (Å²) in [4.78, 5) is 0. The third kappa shape index (κ3) is 2.18. The van der Waals surface area contributed by atoms with Crippen molar-refractivity contribution in [1.82, 2.24) is 10.2 Å². The second-order valence-electron chi connectivity index (χ2n) is 3.29. The molecule has 15 heavy (non-hydrogen) atoms. The van der Waals surface area contributed by atoms with Gasteiger partial charge >= 0.3 is 0 Å². The number of hydrogen-bond acceptors (Lipinski definition) is 2. The van der Waals surface area contributed by atoms with E-state index in [1.165, 1.54) is 0 Å². The lowest BCUT2D eigenvalue weighted by Gasteiger charge is -2.08. The molecule has 0 aliphatic carbocycles. The van der Waals surface area contributed by atoms with Crippen LogP contribution in [0.2, 0.25) is 0 Å². The molecule has 2 rings (SSSR count). The van der Waals surface area contributed by atoms with E-state index in [4.69, 9.17) is 0 Å². The van der Waals surface area contributed by atoms with Crippen molar-refractivity contribution in [3.63, 3.8) is 0 Å². The van der Waals surface area contributed by atoms with Crippen LogP contribution in [0.15, 0.2) is 36.7 Å². The van der Waals surface area contributed by atoms with E-state index in [9.17, 15) is 0 Å². The number of nitrogens with zero attached hydrogens (tertiary/aromatic N) is 4. The van der Waals surface area contributed by atoms with Crippen LogP contribution in [0.1, 0.15) is 0 Å². The van der Waals surface area contributed by atoms with Crippen LogP contribution in [0.4, 0.5) is 0 Å². The number of hydrogen-bond donors (Lipinski definition) is 0. The lowest BCUT2D eigenvalue weighted by atomic mass is 9.70. The molecule has 2 aromatic rings. The van der Waals surface area contributed by atoms with Crippen molar-refractivity contribution in [2.24, 2.45) is 14.1 Å². The highest BCUT2D eigenvalue weighted by Gasteiger charge is 2.01. The smallest absolute Gasteiger partial charge is 0.138 e. The first kappa shape index (κ1) is 9.77. The third-order valence-electron chi connectivity index (χ3n) is 2.23. The van der Waals surface area contributed by atoms with Crippen LogP contribution in [-0.2, 0) is 14.1 Å². The fraction of sp³-hybridized carbons (Fsp3) is 0.200. The van der Waals surface area contributed by atoms with Gasteiger partial charge in [0.2, 0.25) is 0 Å². The van der Waals surface area contributed by atoms with E-state index in [0.717, 1.165) is 11.2 Å². The lowest BCUT2D eigenvalue weighted by molar-refractivity contribution is -0.718. The molecule has 0 saturated carbocycles. The summed E-state index contributed by atoms with van der Waals surface area (Å²) in [6.45, 7) is 0. The standard InChI is InChI=1S/C10H12BN4/c1-14-9(5-3-7-12-14)11-10-6-4-8-13-15(10)2/h3-8H,1-2H3/q+1. The van der Waals surface area contributed by atoms with Gasteiger partial charge in [0.15, 0.2) is 14.1 Å². The molecule has 74 valence electrons. The van der Waals surface area contributed by atoms with Gasteiger partial charge in [-0.1, -0.05) is 7.28 Å². The Bertz CT molecular complexity index is 429. The first-order valence-corrected chi connectivity index (χ1v) is 4.75. The van der Waals surface area contributed by atoms with Gasteiger partial charge in [-0.2, -0.15) is 0 Å². The van der Waals surface area contributed by atoms with Crippen LogP contribution in [0.3, 0.4) is 0 Å². The Balaban J connectivity index is 2.30. The first-order chi connectivity index (χ1) is 7.27. The average Bonchev–Trinajstić information content (AvgIpc) is 2.24.